The van der Waals surface area contributed by atoms with Crippen LogP contribution < -0.4 is 4.90 Å². The summed E-state index contributed by atoms with van der Waals surface area (Å²) in [5.74, 6) is 1.10. The van der Waals surface area contributed by atoms with Crippen LogP contribution in [0.4, 0.5) is 5.69 Å². The fraction of sp³-hybridized carbons (Fsp3) is 0.417. The monoisotopic (exact) mass is 406 g/mol. The molecule has 0 N–H and O–H groups in total. The predicted octanol–water partition coefficient (Wildman–Crippen LogP) is 4.38. The SMILES string of the molecule is Cc1ccc(CN2C(=O)C3(SCCN3C(=O)C3CCC3)c3cc(C)ccc32)cc1. The van der Waals surface area contributed by atoms with Gasteiger partial charge in [-0.1, -0.05) is 53.9 Å². The van der Waals surface area contributed by atoms with Gasteiger partial charge in [-0.05, 0) is 38.3 Å². The van der Waals surface area contributed by atoms with Gasteiger partial charge in [0.2, 0.25) is 5.91 Å². The molecule has 1 saturated carbocycles. The lowest BCUT2D eigenvalue weighted by Crippen LogP contribution is -2.52. The Balaban J connectivity index is 1.57. The van der Waals surface area contributed by atoms with Gasteiger partial charge in [0.05, 0.1) is 12.2 Å². The van der Waals surface area contributed by atoms with Gasteiger partial charge in [-0.15, -0.1) is 11.8 Å². The normalized spacial score (nSPS) is 23.6. The zero-order valence-corrected chi connectivity index (χ0v) is 17.8. The summed E-state index contributed by atoms with van der Waals surface area (Å²) < 4.78 is 0. The zero-order valence-electron chi connectivity index (χ0n) is 17.0. The fourth-order valence-electron chi connectivity index (χ4n) is 4.66. The van der Waals surface area contributed by atoms with E-state index < -0.39 is 4.87 Å². The third-order valence-corrected chi connectivity index (χ3v) is 7.95. The molecule has 2 heterocycles. The molecule has 2 aliphatic heterocycles. The molecule has 4 nitrogen and oxygen atoms in total. The van der Waals surface area contributed by atoms with E-state index in [4.69, 9.17) is 0 Å². The minimum atomic E-state index is -0.890. The summed E-state index contributed by atoms with van der Waals surface area (Å²) in [5, 5.41) is 0. The lowest BCUT2D eigenvalue weighted by molar-refractivity contribution is -0.145. The van der Waals surface area contributed by atoms with E-state index in [0.717, 1.165) is 47.4 Å². The Labute approximate surface area is 176 Å². The van der Waals surface area contributed by atoms with E-state index in [1.807, 2.05) is 9.80 Å². The predicted molar refractivity (Wildman–Crippen MR) is 117 cm³/mol. The van der Waals surface area contributed by atoms with Crippen LogP contribution in [0.25, 0.3) is 0 Å². The largest absolute Gasteiger partial charge is 0.315 e. The molecule has 5 heteroatoms. The van der Waals surface area contributed by atoms with E-state index in [9.17, 15) is 9.59 Å². The fourth-order valence-corrected chi connectivity index (χ4v) is 6.12. The quantitative estimate of drug-likeness (QED) is 0.760. The molecule has 2 fully saturated rings. The van der Waals surface area contributed by atoms with Gasteiger partial charge in [0.25, 0.3) is 5.91 Å². The molecule has 0 radical (unpaired) electrons. The lowest BCUT2D eigenvalue weighted by atomic mass is 9.84. The highest BCUT2D eigenvalue weighted by atomic mass is 32.2. The van der Waals surface area contributed by atoms with Crippen molar-refractivity contribution in [3.63, 3.8) is 0 Å². The number of carbonyl (C=O) groups is 2. The number of amides is 2. The van der Waals surface area contributed by atoms with Crippen LogP contribution >= 0.6 is 11.8 Å². The minimum Gasteiger partial charge on any atom is -0.315 e. The summed E-state index contributed by atoms with van der Waals surface area (Å²) >= 11 is 1.63. The van der Waals surface area contributed by atoms with Crippen LogP contribution in [0.3, 0.4) is 0 Å². The van der Waals surface area contributed by atoms with Crippen molar-refractivity contribution in [3.8, 4) is 0 Å². The molecular formula is C24H26N2O2S. The number of aryl methyl sites for hydroxylation is 2. The Morgan fingerprint density at radius 2 is 1.83 bits per heavy atom. The smallest absolute Gasteiger partial charge is 0.268 e. The molecule has 1 spiro atoms. The third kappa shape index (κ3) is 2.82. The maximum Gasteiger partial charge on any atom is 0.268 e. The van der Waals surface area contributed by atoms with E-state index in [0.29, 0.717) is 13.1 Å². The topological polar surface area (TPSA) is 40.6 Å². The number of fused-ring (bicyclic) bond motifs is 2. The van der Waals surface area contributed by atoms with Gasteiger partial charge in [-0.2, -0.15) is 0 Å². The maximum absolute atomic E-state index is 13.9. The first kappa shape index (κ1) is 18.7. The molecule has 1 unspecified atom stereocenters. The number of hydrogen-bond donors (Lipinski definition) is 0. The van der Waals surface area contributed by atoms with Crippen molar-refractivity contribution in [1.29, 1.82) is 0 Å². The van der Waals surface area contributed by atoms with Crippen molar-refractivity contribution in [3.05, 3.63) is 64.7 Å². The van der Waals surface area contributed by atoms with E-state index in [-0.39, 0.29) is 17.7 Å². The van der Waals surface area contributed by atoms with Gasteiger partial charge in [-0.25, -0.2) is 0 Å². The molecule has 2 aromatic carbocycles. The lowest BCUT2D eigenvalue weighted by Gasteiger charge is -2.37. The first-order chi connectivity index (χ1) is 14.0. The van der Waals surface area contributed by atoms with Crippen LogP contribution in [0.15, 0.2) is 42.5 Å². The van der Waals surface area contributed by atoms with Crippen molar-refractivity contribution in [1.82, 2.24) is 4.90 Å². The summed E-state index contributed by atoms with van der Waals surface area (Å²) in [5.41, 5.74) is 5.37. The summed E-state index contributed by atoms with van der Waals surface area (Å²) in [6.07, 6.45) is 3.03. The molecule has 29 heavy (non-hydrogen) atoms. The summed E-state index contributed by atoms with van der Waals surface area (Å²) in [4.78, 5) is 30.1. The van der Waals surface area contributed by atoms with Crippen LogP contribution in [0.2, 0.25) is 0 Å². The van der Waals surface area contributed by atoms with Gasteiger partial charge in [-0.3, -0.25) is 9.59 Å². The number of benzene rings is 2. The number of nitrogens with zero attached hydrogens (tertiary/aromatic N) is 2. The Morgan fingerprint density at radius 1 is 1.10 bits per heavy atom. The summed E-state index contributed by atoms with van der Waals surface area (Å²) in [6, 6.07) is 14.6. The Kier molecular flexibility index (Phi) is 4.46. The Hall–Kier alpha value is -2.27. The Morgan fingerprint density at radius 3 is 2.52 bits per heavy atom. The molecule has 2 amide bonds. The third-order valence-electron chi connectivity index (χ3n) is 6.53. The molecule has 2 aromatic rings. The number of thioether (sulfide) groups is 1. The van der Waals surface area contributed by atoms with Crippen LogP contribution in [-0.2, 0) is 21.0 Å². The van der Waals surface area contributed by atoms with Crippen LogP contribution in [0.1, 0.15) is 41.5 Å². The van der Waals surface area contributed by atoms with Crippen LogP contribution in [0, 0.1) is 19.8 Å². The second-order valence-corrected chi connectivity index (χ2v) is 9.80. The molecule has 0 aromatic heterocycles. The molecule has 1 aliphatic carbocycles. The van der Waals surface area contributed by atoms with E-state index in [2.05, 4.69) is 56.3 Å². The van der Waals surface area contributed by atoms with E-state index in [1.165, 1.54) is 5.56 Å². The van der Waals surface area contributed by atoms with Gasteiger partial charge in [0, 0.05) is 23.8 Å². The maximum atomic E-state index is 13.9. The molecule has 5 rings (SSSR count). The van der Waals surface area contributed by atoms with Crippen molar-refractivity contribution >= 4 is 29.3 Å². The summed E-state index contributed by atoms with van der Waals surface area (Å²) in [7, 11) is 0. The molecule has 1 atom stereocenters. The van der Waals surface area contributed by atoms with Gasteiger partial charge < -0.3 is 9.80 Å². The minimum absolute atomic E-state index is 0.0360. The number of rotatable bonds is 3. The molecule has 3 aliphatic rings. The second-order valence-electron chi connectivity index (χ2n) is 8.51. The van der Waals surface area contributed by atoms with E-state index in [1.54, 1.807) is 11.8 Å². The van der Waals surface area contributed by atoms with Crippen molar-refractivity contribution in [2.45, 2.75) is 44.5 Å². The van der Waals surface area contributed by atoms with Crippen LogP contribution in [0.5, 0.6) is 0 Å². The molecular weight excluding hydrogens is 380 g/mol. The highest BCUT2D eigenvalue weighted by molar-refractivity contribution is 8.01. The number of anilines is 1. The highest BCUT2D eigenvalue weighted by Crippen LogP contribution is 2.55. The standard InChI is InChI=1S/C24H26N2O2S/c1-16-6-9-18(10-7-16)15-25-21-11-8-17(2)14-20(21)24(23(25)28)26(12-13-29-24)22(27)19-4-3-5-19/h6-11,14,19H,3-5,12-13,15H2,1-2H3. The van der Waals surface area contributed by atoms with Gasteiger partial charge >= 0.3 is 0 Å². The van der Waals surface area contributed by atoms with Gasteiger partial charge in [0.15, 0.2) is 4.87 Å². The number of hydrogen-bond acceptors (Lipinski definition) is 3. The van der Waals surface area contributed by atoms with Crippen LogP contribution in [-0.4, -0.2) is 29.0 Å². The van der Waals surface area contributed by atoms with Crippen molar-refractivity contribution in [2.75, 3.05) is 17.2 Å². The number of carbonyl (C=O) groups excluding carboxylic acids is 2. The molecule has 1 saturated heterocycles. The van der Waals surface area contributed by atoms with Crippen molar-refractivity contribution in [2.24, 2.45) is 5.92 Å². The first-order valence-corrected chi connectivity index (χ1v) is 11.4. The van der Waals surface area contributed by atoms with Gasteiger partial charge in [0.1, 0.15) is 0 Å². The first-order valence-electron chi connectivity index (χ1n) is 10.4. The van der Waals surface area contributed by atoms with Crippen molar-refractivity contribution < 1.29 is 9.59 Å². The Bertz CT molecular complexity index is 983. The molecule has 150 valence electrons. The molecule has 0 bridgehead atoms. The summed E-state index contributed by atoms with van der Waals surface area (Å²) in [6.45, 7) is 5.30. The second kappa shape index (κ2) is 6.91. The average molecular weight is 407 g/mol. The average Bonchev–Trinajstić information content (AvgIpc) is 3.19. The van der Waals surface area contributed by atoms with E-state index >= 15 is 0 Å². The zero-order chi connectivity index (χ0) is 20.2. The highest BCUT2D eigenvalue weighted by Gasteiger charge is 2.60.